The zero-order chi connectivity index (χ0) is 22.2. The van der Waals surface area contributed by atoms with Crippen LogP contribution >= 0.6 is 39.5 Å². The minimum absolute atomic E-state index is 0.0667. The number of carbonyl (C=O) groups is 1. The number of benzene rings is 2. The van der Waals surface area contributed by atoms with Crippen LogP contribution in [0.1, 0.15) is 22.5 Å². The van der Waals surface area contributed by atoms with Crippen molar-refractivity contribution < 1.29 is 4.79 Å². The van der Waals surface area contributed by atoms with E-state index in [2.05, 4.69) is 50.2 Å². The largest absolute Gasteiger partial charge is 0.325 e. The minimum Gasteiger partial charge on any atom is -0.325 e. The molecule has 31 heavy (non-hydrogen) atoms. The summed E-state index contributed by atoms with van der Waals surface area (Å²) in [5.41, 5.74) is 4.29. The number of hydrogen-bond donors (Lipinski definition) is 1. The summed E-state index contributed by atoms with van der Waals surface area (Å²) in [5, 5.41) is 12.4. The van der Waals surface area contributed by atoms with Crippen LogP contribution in [-0.4, -0.2) is 26.4 Å². The second-order valence-electron chi connectivity index (χ2n) is 6.96. The number of nitrogens with zero attached hydrogens (tertiary/aromatic N) is 3. The fourth-order valence-electron chi connectivity index (χ4n) is 2.92. The molecule has 0 bridgehead atoms. The van der Waals surface area contributed by atoms with Gasteiger partial charge in [0.25, 0.3) is 0 Å². The van der Waals surface area contributed by atoms with Gasteiger partial charge in [0.1, 0.15) is 5.82 Å². The van der Waals surface area contributed by atoms with E-state index >= 15 is 0 Å². The first kappa shape index (κ1) is 23.6. The number of allylic oxidation sites excluding steroid dienone is 1. The molecule has 0 unspecified atom stereocenters. The van der Waals surface area contributed by atoms with Crippen molar-refractivity contribution >= 4 is 51.0 Å². The summed E-state index contributed by atoms with van der Waals surface area (Å²) < 4.78 is 3.06. The van der Waals surface area contributed by atoms with Gasteiger partial charge in [0.05, 0.1) is 11.5 Å². The first-order valence-electron chi connectivity index (χ1n) is 9.82. The topological polar surface area (TPSA) is 59.8 Å². The van der Waals surface area contributed by atoms with E-state index in [0.717, 1.165) is 43.8 Å². The van der Waals surface area contributed by atoms with Crippen LogP contribution in [0, 0.1) is 13.8 Å². The van der Waals surface area contributed by atoms with Crippen LogP contribution in [0.3, 0.4) is 0 Å². The lowest BCUT2D eigenvalue weighted by molar-refractivity contribution is -0.113. The highest BCUT2D eigenvalue weighted by Crippen LogP contribution is 2.26. The van der Waals surface area contributed by atoms with E-state index in [1.165, 1.54) is 17.3 Å². The summed E-state index contributed by atoms with van der Waals surface area (Å²) >= 11 is 6.70. The molecule has 1 amide bonds. The van der Waals surface area contributed by atoms with Crippen LogP contribution in [0.25, 0.3) is 0 Å². The molecular weight excluding hydrogens is 492 g/mol. The number of anilines is 1. The first-order valence-corrected chi connectivity index (χ1v) is 12.8. The third-order valence-electron chi connectivity index (χ3n) is 4.78. The number of rotatable bonds is 10. The number of nitrogens with one attached hydrogen (secondary N) is 1. The smallest absolute Gasteiger partial charge is 0.234 e. The van der Waals surface area contributed by atoms with Crippen LogP contribution in [0.4, 0.5) is 5.69 Å². The molecule has 0 saturated heterocycles. The van der Waals surface area contributed by atoms with Gasteiger partial charge in [0.15, 0.2) is 5.16 Å². The average molecular weight is 518 g/mol. The highest BCUT2D eigenvalue weighted by atomic mass is 79.9. The average Bonchev–Trinajstić information content (AvgIpc) is 3.15. The number of hydrogen-bond acceptors (Lipinski definition) is 5. The molecule has 1 N–H and O–H groups in total. The Balaban J connectivity index is 1.59. The van der Waals surface area contributed by atoms with Crippen molar-refractivity contribution in [2.45, 2.75) is 37.1 Å². The zero-order valence-electron chi connectivity index (χ0n) is 17.6. The van der Waals surface area contributed by atoms with E-state index < -0.39 is 0 Å². The second-order valence-corrected chi connectivity index (χ2v) is 9.74. The highest BCUT2D eigenvalue weighted by molar-refractivity contribution is 9.10. The molecule has 0 aliphatic heterocycles. The molecule has 0 saturated carbocycles. The molecule has 8 heteroatoms. The summed E-state index contributed by atoms with van der Waals surface area (Å²) in [5.74, 6) is 2.76. The summed E-state index contributed by atoms with van der Waals surface area (Å²) in [6.45, 7) is 8.49. The zero-order valence-corrected chi connectivity index (χ0v) is 20.8. The molecule has 162 valence electrons. The van der Waals surface area contributed by atoms with Crippen molar-refractivity contribution in [2.24, 2.45) is 0 Å². The molecule has 1 aromatic heterocycles. The third kappa shape index (κ3) is 6.48. The van der Waals surface area contributed by atoms with E-state index in [1.807, 2.05) is 54.8 Å². The lowest BCUT2D eigenvalue weighted by Crippen LogP contribution is -2.16. The monoisotopic (exact) mass is 516 g/mol. The predicted molar refractivity (Wildman–Crippen MR) is 135 cm³/mol. The van der Waals surface area contributed by atoms with Crippen molar-refractivity contribution in [3.05, 3.63) is 82.1 Å². The third-order valence-corrected chi connectivity index (χ3v) is 7.60. The van der Waals surface area contributed by atoms with E-state index in [0.29, 0.717) is 6.54 Å². The van der Waals surface area contributed by atoms with E-state index in [1.54, 1.807) is 11.8 Å². The first-order chi connectivity index (χ1) is 15.0. The number of carbonyl (C=O) groups excluding carboxylic acids is 1. The Morgan fingerprint density at radius 2 is 1.90 bits per heavy atom. The van der Waals surface area contributed by atoms with Gasteiger partial charge < -0.3 is 9.88 Å². The Hall–Kier alpha value is -2.03. The van der Waals surface area contributed by atoms with E-state index in [4.69, 9.17) is 0 Å². The van der Waals surface area contributed by atoms with E-state index in [-0.39, 0.29) is 11.7 Å². The number of amides is 1. The number of halogens is 1. The SMILES string of the molecule is C=CCn1c(CSCc2ccccc2)nnc1SCC(=O)Nc1ccc(Br)c(C)c1C. The Morgan fingerprint density at radius 1 is 1.13 bits per heavy atom. The molecule has 5 nitrogen and oxygen atoms in total. The van der Waals surface area contributed by atoms with Crippen molar-refractivity contribution in [2.75, 3.05) is 11.1 Å². The Kier molecular flexibility index (Phi) is 8.80. The molecule has 0 radical (unpaired) electrons. The summed E-state index contributed by atoms with van der Waals surface area (Å²) in [6.07, 6.45) is 1.83. The molecule has 0 atom stereocenters. The van der Waals surface area contributed by atoms with Gasteiger partial charge in [-0.15, -0.1) is 28.5 Å². The van der Waals surface area contributed by atoms with Crippen LogP contribution in [0.5, 0.6) is 0 Å². The number of aromatic nitrogens is 3. The van der Waals surface area contributed by atoms with Gasteiger partial charge in [0, 0.05) is 22.5 Å². The van der Waals surface area contributed by atoms with Gasteiger partial charge in [-0.2, -0.15) is 0 Å². The lowest BCUT2D eigenvalue weighted by atomic mass is 10.1. The van der Waals surface area contributed by atoms with Crippen molar-refractivity contribution in [3.63, 3.8) is 0 Å². The van der Waals surface area contributed by atoms with Gasteiger partial charge in [-0.25, -0.2) is 0 Å². The van der Waals surface area contributed by atoms with Gasteiger partial charge in [-0.1, -0.05) is 64.1 Å². The van der Waals surface area contributed by atoms with Crippen molar-refractivity contribution in [3.8, 4) is 0 Å². The van der Waals surface area contributed by atoms with Crippen molar-refractivity contribution in [1.29, 1.82) is 0 Å². The maximum atomic E-state index is 12.5. The Labute approximate surface area is 200 Å². The van der Waals surface area contributed by atoms with E-state index in [9.17, 15) is 4.79 Å². The molecule has 3 aromatic rings. The van der Waals surface area contributed by atoms with Crippen LogP contribution in [-0.2, 0) is 22.8 Å². The fourth-order valence-corrected chi connectivity index (χ4v) is 5.04. The highest BCUT2D eigenvalue weighted by Gasteiger charge is 2.14. The van der Waals surface area contributed by atoms with Gasteiger partial charge in [-0.3, -0.25) is 4.79 Å². The Bertz CT molecular complexity index is 1050. The summed E-state index contributed by atoms with van der Waals surface area (Å²) in [6, 6.07) is 14.2. The second kappa shape index (κ2) is 11.5. The number of thioether (sulfide) groups is 2. The molecule has 2 aromatic carbocycles. The summed E-state index contributed by atoms with van der Waals surface area (Å²) in [4.78, 5) is 12.5. The maximum Gasteiger partial charge on any atom is 0.234 e. The Morgan fingerprint density at radius 3 is 2.65 bits per heavy atom. The predicted octanol–water partition coefficient (Wildman–Crippen LogP) is 6.01. The normalized spacial score (nSPS) is 10.8. The molecular formula is C23H25BrN4OS2. The maximum absolute atomic E-state index is 12.5. The standard InChI is InChI=1S/C23H25BrN4OS2/c1-4-12-28-21(14-30-13-18-8-6-5-7-9-18)26-27-23(28)31-15-22(29)25-20-11-10-19(24)16(2)17(20)3/h4-11H,1,12-15H2,2-3H3,(H,25,29). The molecule has 0 fully saturated rings. The molecule has 0 aliphatic rings. The van der Waals surface area contributed by atoms with Crippen molar-refractivity contribution in [1.82, 2.24) is 14.8 Å². The van der Waals surface area contributed by atoms with Gasteiger partial charge in [-0.05, 0) is 42.7 Å². The molecule has 3 rings (SSSR count). The lowest BCUT2D eigenvalue weighted by Gasteiger charge is -2.12. The van der Waals surface area contributed by atoms with Gasteiger partial charge in [0.2, 0.25) is 5.91 Å². The molecule has 0 spiro atoms. The molecule has 0 aliphatic carbocycles. The molecule has 1 heterocycles. The van der Waals surface area contributed by atoms with Gasteiger partial charge >= 0.3 is 0 Å². The minimum atomic E-state index is -0.0667. The van der Waals surface area contributed by atoms with Crippen LogP contribution in [0.2, 0.25) is 0 Å². The van der Waals surface area contributed by atoms with Crippen LogP contribution < -0.4 is 5.32 Å². The fraction of sp³-hybridized carbons (Fsp3) is 0.261. The quantitative estimate of drug-likeness (QED) is 0.264. The van der Waals surface area contributed by atoms with Crippen LogP contribution in [0.15, 0.2) is 64.7 Å². The summed E-state index contributed by atoms with van der Waals surface area (Å²) in [7, 11) is 0.